The van der Waals surface area contributed by atoms with Gasteiger partial charge < -0.3 is 23.7 Å². The Bertz CT molecular complexity index is 707. The van der Waals surface area contributed by atoms with E-state index in [-0.39, 0.29) is 30.7 Å². The maximum absolute atomic E-state index is 6.22. The maximum Gasteiger partial charge on any atom is 0.187 e. The average molecular weight is 340 g/mol. The Labute approximate surface area is 146 Å². The van der Waals surface area contributed by atoms with Gasteiger partial charge in [0.25, 0.3) is 0 Å². The fourth-order valence-electron chi connectivity index (χ4n) is 3.50. The van der Waals surface area contributed by atoms with E-state index < -0.39 is 6.29 Å². The van der Waals surface area contributed by atoms with E-state index in [9.17, 15) is 0 Å². The van der Waals surface area contributed by atoms with E-state index in [4.69, 9.17) is 23.7 Å². The van der Waals surface area contributed by atoms with Crippen LogP contribution < -0.4 is 0 Å². The number of fused-ring (bicyclic) bond motifs is 2. The van der Waals surface area contributed by atoms with Crippen molar-refractivity contribution < 1.29 is 23.7 Å². The molecule has 0 aliphatic carbocycles. The molecule has 0 aromatic heterocycles. The zero-order valence-electron chi connectivity index (χ0n) is 13.7. The number of epoxide rings is 1. The van der Waals surface area contributed by atoms with Crippen LogP contribution in [-0.2, 0) is 30.3 Å². The quantitative estimate of drug-likeness (QED) is 0.801. The van der Waals surface area contributed by atoms with Gasteiger partial charge in [-0.3, -0.25) is 0 Å². The number of benzene rings is 2. The van der Waals surface area contributed by atoms with Crippen molar-refractivity contribution in [1.82, 2.24) is 0 Å². The molecule has 3 saturated heterocycles. The molecule has 5 heteroatoms. The van der Waals surface area contributed by atoms with E-state index >= 15 is 0 Å². The third-order valence-corrected chi connectivity index (χ3v) is 4.86. The predicted molar refractivity (Wildman–Crippen MR) is 88.6 cm³/mol. The summed E-state index contributed by atoms with van der Waals surface area (Å²) in [5.74, 6) is 0. The zero-order valence-corrected chi connectivity index (χ0v) is 13.7. The van der Waals surface area contributed by atoms with Crippen LogP contribution in [0.2, 0.25) is 0 Å². The molecule has 3 aliphatic rings. The minimum Gasteiger partial charge on any atom is -0.368 e. The van der Waals surface area contributed by atoms with Gasteiger partial charge in [-0.25, -0.2) is 0 Å². The third-order valence-electron chi connectivity index (χ3n) is 4.86. The summed E-state index contributed by atoms with van der Waals surface area (Å²) in [5, 5.41) is 0. The second kappa shape index (κ2) is 6.52. The Hall–Kier alpha value is -1.76. The summed E-state index contributed by atoms with van der Waals surface area (Å²) in [4.78, 5) is 0. The molecule has 1 unspecified atom stereocenters. The van der Waals surface area contributed by atoms with Gasteiger partial charge in [0.05, 0.1) is 13.2 Å². The smallest absolute Gasteiger partial charge is 0.187 e. The van der Waals surface area contributed by atoms with Gasteiger partial charge in [-0.15, -0.1) is 0 Å². The fraction of sp³-hybridized carbons (Fsp3) is 0.400. The molecule has 5 rings (SSSR count). The van der Waals surface area contributed by atoms with Crippen molar-refractivity contribution in [2.75, 3.05) is 6.61 Å². The lowest BCUT2D eigenvalue weighted by molar-refractivity contribution is -0.302. The molecule has 5 nitrogen and oxygen atoms in total. The number of rotatable bonds is 4. The van der Waals surface area contributed by atoms with Gasteiger partial charge in [0.1, 0.15) is 24.4 Å². The third kappa shape index (κ3) is 3.10. The first-order chi connectivity index (χ1) is 12.4. The highest BCUT2D eigenvalue weighted by atomic mass is 16.8. The van der Waals surface area contributed by atoms with Crippen LogP contribution in [0, 0.1) is 0 Å². The first-order valence-electron chi connectivity index (χ1n) is 8.67. The Balaban J connectivity index is 1.31. The van der Waals surface area contributed by atoms with Gasteiger partial charge in [-0.05, 0) is 5.56 Å². The molecule has 0 spiro atoms. The average Bonchev–Trinajstić information content (AvgIpc) is 3.45. The second-order valence-electron chi connectivity index (χ2n) is 6.58. The lowest BCUT2D eigenvalue weighted by Gasteiger charge is -2.41. The van der Waals surface area contributed by atoms with Crippen LogP contribution in [0.3, 0.4) is 0 Å². The molecular weight excluding hydrogens is 320 g/mol. The molecule has 3 fully saturated rings. The zero-order chi connectivity index (χ0) is 16.6. The SMILES string of the molecule is c1ccc(CO[C@H]2[C@H]3OC(c4ccccc4)OC[C@H]3O[C@H]3O[C@@H]32)cc1. The van der Waals surface area contributed by atoms with E-state index in [2.05, 4.69) is 12.1 Å². The molecule has 0 bridgehead atoms. The number of hydrogen-bond acceptors (Lipinski definition) is 5. The van der Waals surface area contributed by atoms with E-state index in [1.54, 1.807) is 0 Å². The molecule has 0 N–H and O–H groups in total. The van der Waals surface area contributed by atoms with Crippen molar-refractivity contribution in [3.63, 3.8) is 0 Å². The summed E-state index contributed by atoms with van der Waals surface area (Å²) in [6.45, 7) is 1.00. The van der Waals surface area contributed by atoms with Gasteiger partial charge in [-0.1, -0.05) is 60.7 Å². The molecule has 3 aliphatic heterocycles. The standard InChI is InChI=1S/C20H20O5/c1-3-7-13(8-4-1)11-21-17-16-15(23-20-18(17)25-20)12-22-19(24-16)14-9-5-2-6-10-14/h1-10,15-20H,11-12H2/t15-,16+,17+,18-,19?,20+/m1/s1. The van der Waals surface area contributed by atoms with E-state index in [0.717, 1.165) is 11.1 Å². The lowest BCUT2D eigenvalue weighted by atomic mass is 10.0. The van der Waals surface area contributed by atoms with Crippen molar-refractivity contribution in [3.8, 4) is 0 Å². The molecule has 3 heterocycles. The summed E-state index contributed by atoms with van der Waals surface area (Å²) in [5.41, 5.74) is 2.14. The molecule has 2 aromatic carbocycles. The first kappa shape index (κ1) is 15.5. The lowest BCUT2D eigenvalue weighted by Crippen LogP contribution is -2.55. The Morgan fingerprint density at radius 1 is 0.840 bits per heavy atom. The monoisotopic (exact) mass is 340 g/mol. The highest BCUT2D eigenvalue weighted by molar-refractivity contribution is 5.17. The van der Waals surface area contributed by atoms with Crippen LogP contribution in [0.4, 0.5) is 0 Å². The summed E-state index contributed by atoms with van der Waals surface area (Å²) in [6.07, 6.45) is -1.17. The molecular formula is C20H20O5. The van der Waals surface area contributed by atoms with E-state index in [1.807, 2.05) is 48.5 Å². The Kier molecular flexibility index (Phi) is 4.04. The second-order valence-corrected chi connectivity index (χ2v) is 6.58. The van der Waals surface area contributed by atoms with Crippen molar-refractivity contribution in [3.05, 3.63) is 71.8 Å². The highest BCUT2D eigenvalue weighted by Gasteiger charge is 2.59. The van der Waals surface area contributed by atoms with Gasteiger partial charge in [0.2, 0.25) is 0 Å². The minimum atomic E-state index is -0.399. The molecule has 2 aromatic rings. The predicted octanol–water partition coefficient (Wildman–Crippen LogP) is 2.81. The van der Waals surface area contributed by atoms with Crippen LogP contribution in [0.25, 0.3) is 0 Å². The first-order valence-corrected chi connectivity index (χ1v) is 8.67. The van der Waals surface area contributed by atoms with Gasteiger partial charge in [0, 0.05) is 5.56 Å². The fourth-order valence-corrected chi connectivity index (χ4v) is 3.50. The van der Waals surface area contributed by atoms with Crippen molar-refractivity contribution in [2.45, 2.75) is 43.6 Å². The molecule has 0 radical (unpaired) electrons. The van der Waals surface area contributed by atoms with Crippen molar-refractivity contribution in [2.24, 2.45) is 0 Å². The normalized spacial score (nSPS) is 36.3. The van der Waals surface area contributed by atoms with Gasteiger partial charge in [-0.2, -0.15) is 0 Å². The molecule has 130 valence electrons. The van der Waals surface area contributed by atoms with E-state index in [1.165, 1.54) is 0 Å². The van der Waals surface area contributed by atoms with E-state index in [0.29, 0.717) is 13.2 Å². The minimum absolute atomic E-state index is 0.0560. The molecule has 0 amide bonds. The van der Waals surface area contributed by atoms with Crippen LogP contribution >= 0.6 is 0 Å². The highest BCUT2D eigenvalue weighted by Crippen LogP contribution is 2.42. The van der Waals surface area contributed by atoms with Gasteiger partial charge in [0.15, 0.2) is 12.6 Å². The largest absolute Gasteiger partial charge is 0.368 e. The van der Waals surface area contributed by atoms with Crippen LogP contribution in [0.5, 0.6) is 0 Å². The van der Waals surface area contributed by atoms with Gasteiger partial charge >= 0.3 is 0 Å². The van der Waals surface area contributed by atoms with Crippen LogP contribution in [0.1, 0.15) is 17.4 Å². The number of ether oxygens (including phenoxy) is 5. The topological polar surface area (TPSA) is 49.5 Å². The summed E-state index contributed by atoms with van der Waals surface area (Å²) < 4.78 is 29.8. The molecule has 6 atom stereocenters. The van der Waals surface area contributed by atoms with Crippen molar-refractivity contribution in [1.29, 1.82) is 0 Å². The van der Waals surface area contributed by atoms with Crippen LogP contribution in [-0.4, -0.2) is 37.3 Å². The molecule has 0 saturated carbocycles. The summed E-state index contributed by atoms with van der Waals surface area (Å²) >= 11 is 0. The van der Waals surface area contributed by atoms with Crippen LogP contribution in [0.15, 0.2) is 60.7 Å². The Morgan fingerprint density at radius 3 is 2.40 bits per heavy atom. The Morgan fingerprint density at radius 2 is 1.60 bits per heavy atom. The van der Waals surface area contributed by atoms with Crippen molar-refractivity contribution >= 4 is 0 Å². The summed E-state index contributed by atoms with van der Waals surface area (Å²) in [7, 11) is 0. The number of hydrogen-bond donors (Lipinski definition) is 0. The maximum atomic E-state index is 6.22. The summed E-state index contributed by atoms with van der Waals surface area (Å²) in [6, 6.07) is 20.1. The molecule has 25 heavy (non-hydrogen) atoms.